The minimum absolute atomic E-state index is 0.0159. The van der Waals surface area contributed by atoms with E-state index >= 15 is 0 Å². The van der Waals surface area contributed by atoms with Crippen LogP contribution in [-0.2, 0) is 42.7 Å². The number of carboxylic acids is 1. The van der Waals surface area contributed by atoms with Gasteiger partial charge in [-0.15, -0.1) is 11.3 Å². The summed E-state index contributed by atoms with van der Waals surface area (Å²) in [6.45, 7) is 0.433. The SMILES string of the molecule is C[C@@H]1[C@H](NC(=O)/C(=N\OCc2cn(CC(=O)O)c3ccccc3c2=O)c2csc(N)n2)C(=O)N1S(=O)(=O)O. The number of fused-ring (bicyclic) bond motifs is 1. The molecule has 0 saturated carbocycles. The molecule has 3 aromatic rings. The zero-order chi connectivity index (χ0) is 27.8. The van der Waals surface area contributed by atoms with E-state index < -0.39 is 64.5 Å². The van der Waals surface area contributed by atoms with Gasteiger partial charge in [0.05, 0.1) is 17.1 Å². The number of carbonyl (C=O) groups is 3. The number of nitrogen functional groups attached to an aromatic ring is 1. The van der Waals surface area contributed by atoms with Gasteiger partial charge in [0.1, 0.15) is 24.9 Å². The van der Waals surface area contributed by atoms with Crippen LogP contribution in [0.15, 0.2) is 45.8 Å². The van der Waals surface area contributed by atoms with Crippen LogP contribution in [0.4, 0.5) is 5.13 Å². The quantitative estimate of drug-likeness (QED) is 0.113. The molecule has 5 N–H and O–H groups in total. The molecule has 38 heavy (non-hydrogen) atoms. The van der Waals surface area contributed by atoms with E-state index in [9.17, 15) is 32.7 Å². The first-order valence-corrected chi connectivity index (χ1v) is 13.0. The Labute approximate surface area is 218 Å². The third-order valence-electron chi connectivity index (χ3n) is 5.59. The number of benzene rings is 1. The second-order valence-electron chi connectivity index (χ2n) is 8.11. The first-order chi connectivity index (χ1) is 17.9. The summed E-state index contributed by atoms with van der Waals surface area (Å²) in [4.78, 5) is 58.6. The number of anilines is 1. The number of hydrogen-bond acceptors (Lipinski definition) is 11. The Kier molecular flexibility index (Phi) is 7.16. The molecule has 1 aliphatic rings. The van der Waals surface area contributed by atoms with Crippen molar-refractivity contribution in [2.45, 2.75) is 32.2 Å². The van der Waals surface area contributed by atoms with Crippen LogP contribution < -0.4 is 16.5 Å². The molecule has 0 unspecified atom stereocenters. The van der Waals surface area contributed by atoms with Gasteiger partial charge in [-0.05, 0) is 19.1 Å². The first kappa shape index (κ1) is 26.7. The largest absolute Gasteiger partial charge is 0.480 e. The predicted molar refractivity (Wildman–Crippen MR) is 133 cm³/mol. The Balaban J connectivity index is 1.60. The molecule has 1 saturated heterocycles. The molecular formula is C21H20N6O9S2. The summed E-state index contributed by atoms with van der Waals surface area (Å²) in [7, 11) is -4.80. The number of carbonyl (C=O) groups excluding carboxylic acids is 2. The van der Waals surface area contributed by atoms with Crippen LogP contribution >= 0.6 is 11.3 Å². The van der Waals surface area contributed by atoms with Crippen molar-refractivity contribution in [1.29, 1.82) is 0 Å². The lowest BCUT2D eigenvalue weighted by Gasteiger charge is -2.42. The topological polar surface area (TPSA) is 224 Å². The van der Waals surface area contributed by atoms with Crippen LogP contribution in [0.1, 0.15) is 18.2 Å². The number of oxime groups is 1. The van der Waals surface area contributed by atoms with E-state index in [4.69, 9.17) is 15.1 Å². The van der Waals surface area contributed by atoms with Gasteiger partial charge in [-0.25, -0.2) is 9.29 Å². The molecular weight excluding hydrogens is 544 g/mol. The number of para-hydroxylation sites is 1. The van der Waals surface area contributed by atoms with E-state index in [-0.39, 0.29) is 26.1 Å². The van der Waals surface area contributed by atoms with Crippen LogP contribution in [0.25, 0.3) is 10.9 Å². The lowest BCUT2D eigenvalue weighted by Crippen LogP contribution is -2.71. The fourth-order valence-corrected chi connectivity index (χ4v) is 5.30. The Morgan fingerprint density at radius 3 is 2.61 bits per heavy atom. The number of aromatic nitrogens is 2. The van der Waals surface area contributed by atoms with Gasteiger partial charge in [0.25, 0.3) is 11.8 Å². The first-order valence-electron chi connectivity index (χ1n) is 10.7. The highest BCUT2D eigenvalue weighted by molar-refractivity contribution is 7.84. The Morgan fingerprint density at radius 1 is 1.29 bits per heavy atom. The zero-order valence-corrected chi connectivity index (χ0v) is 21.1. The molecule has 0 aliphatic carbocycles. The number of pyridine rings is 1. The molecule has 3 heterocycles. The van der Waals surface area contributed by atoms with E-state index in [0.717, 1.165) is 11.3 Å². The molecule has 1 aromatic carbocycles. The van der Waals surface area contributed by atoms with Crippen molar-refractivity contribution in [1.82, 2.24) is 19.2 Å². The van der Waals surface area contributed by atoms with Crippen LogP contribution in [0.5, 0.6) is 0 Å². The van der Waals surface area contributed by atoms with E-state index in [1.165, 1.54) is 29.1 Å². The minimum Gasteiger partial charge on any atom is -0.480 e. The number of amides is 2. The van der Waals surface area contributed by atoms with Crippen LogP contribution in [0, 0.1) is 0 Å². The predicted octanol–water partition coefficient (Wildman–Crippen LogP) is -0.436. The molecule has 2 aromatic heterocycles. The fraction of sp³-hybridized carbons (Fsp3) is 0.238. The summed E-state index contributed by atoms with van der Waals surface area (Å²) in [5.74, 6) is -3.14. The third kappa shape index (κ3) is 5.20. The molecule has 0 spiro atoms. The van der Waals surface area contributed by atoms with Gasteiger partial charge in [-0.1, -0.05) is 17.3 Å². The van der Waals surface area contributed by atoms with Gasteiger partial charge in [0.15, 0.2) is 16.3 Å². The lowest BCUT2D eigenvalue weighted by atomic mass is 10.0. The van der Waals surface area contributed by atoms with Crippen LogP contribution in [0.3, 0.4) is 0 Å². The number of carboxylic acid groups (broad SMARTS) is 1. The second-order valence-corrected chi connectivity index (χ2v) is 10.3. The Bertz CT molecular complexity index is 1650. The second kappa shape index (κ2) is 10.2. The maximum atomic E-state index is 13.0. The summed E-state index contributed by atoms with van der Waals surface area (Å²) in [6.07, 6.45) is 1.31. The van der Waals surface area contributed by atoms with Gasteiger partial charge in [-0.3, -0.25) is 23.7 Å². The number of aliphatic carboxylic acids is 1. The summed E-state index contributed by atoms with van der Waals surface area (Å²) >= 11 is 0.989. The van der Waals surface area contributed by atoms with Crippen LogP contribution in [0.2, 0.25) is 0 Å². The van der Waals surface area contributed by atoms with Gasteiger partial charge in [-0.2, -0.15) is 8.42 Å². The van der Waals surface area contributed by atoms with Crippen molar-refractivity contribution in [3.63, 3.8) is 0 Å². The molecule has 17 heteroatoms. The number of β-lactam (4-membered cyclic amide) rings is 1. The monoisotopic (exact) mass is 564 g/mol. The number of rotatable bonds is 9. The highest BCUT2D eigenvalue weighted by Gasteiger charge is 2.51. The summed E-state index contributed by atoms with van der Waals surface area (Å²) in [5, 5.41) is 17.1. The Morgan fingerprint density at radius 2 is 2.00 bits per heavy atom. The summed E-state index contributed by atoms with van der Waals surface area (Å²) in [5.41, 5.74) is 5.24. The summed E-state index contributed by atoms with van der Waals surface area (Å²) < 4.78 is 33.3. The van der Waals surface area contributed by atoms with Gasteiger partial charge in [0, 0.05) is 17.0 Å². The molecule has 1 fully saturated rings. The number of nitrogens with one attached hydrogen (secondary N) is 1. The van der Waals surface area contributed by atoms with Crippen molar-refractivity contribution < 1.29 is 37.3 Å². The highest BCUT2D eigenvalue weighted by Crippen LogP contribution is 2.23. The van der Waals surface area contributed by atoms with Crippen molar-refractivity contribution in [3.8, 4) is 0 Å². The van der Waals surface area contributed by atoms with E-state index in [1.54, 1.807) is 18.2 Å². The van der Waals surface area contributed by atoms with E-state index in [2.05, 4.69) is 15.5 Å². The third-order valence-corrected chi connectivity index (χ3v) is 7.28. The maximum absolute atomic E-state index is 13.0. The molecule has 0 radical (unpaired) electrons. The Hall–Kier alpha value is -4.35. The van der Waals surface area contributed by atoms with E-state index in [1.807, 2.05) is 0 Å². The average Bonchev–Trinajstić information content (AvgIpc) is 3.27. The van der Waals surface area contributed by atoms with Crippen molar-refractivity contribution in [3.05, 3.63) is 57.3 Å². The normalized spacial score (nSPS) is 17.8. The van der Waals surface area contributed by atoms with E-state index in [0.29, 0.717) is 5.52 Å². The van der Waals surface area contributed by atoms with Gasteiger partial charge >= 0.3 is 16.3 Å². The molecule has 2 atom stereocenters. The van der Waals surface area contributed by atoms with Gasteiger partial charge in [0.2, 0.25) is 0 Å². The molecule has 1 aliphatic heterocycles. The lowest BCUT2D eigenvalue weighted by molar-refractivity contribution is -0.144. The molecule has 2 amide bonds. The van der Waals surface area contributed by atoms with Crippen LogP contribution in [-0.4, -0.2) is 67.5 Å². The maximum Gasteiger partial charge on any atom is 0.362 e. The fourth-order valence-electron chi connectivity index (χ4n) is 3.87. The minimum atomic E-state index is -4.80. The summed E-state index contributed by atoms with van der Waals surface area (Å²) in [6, 6.07) is 4.06. The number of thiazole rings is 1. The van der Waals surface area contributed by atoms with Crippen molar-refractivity contribution >= 4 is 61.2 Å². The highest BCUT2D eigenvalue weighted by atomic mass is 32.2. The van der Waals surface area contributed by atoms with Crippen molar-refractivity contribution in [2.24, 2.45) is 5.16 Å². The zero-order valence-electron chi connectivity index (χ0n) is 19.5. The number of nitrogens with zero attached hydrogens (tertiary/aromatic N) is 4. The van der Waals surface area contributed by atoms with Gasteiger partial charge < -0.3 is 25.6 Å². The standard InChI is InChI=1S/C21H20N6O9S2/c1-10-16(20(32)27(10)38(33,34)35)24-19(31)17(13-9-37-21(22)23-13)25-36-8-11-6-26(7-15(28)29)14-5-3-2-4-12(14)18(11)30/h2-6,9-10,16H,7-8H2,1H3,(H2,22,23)(H,24,31)(H,28,29)(H,33,34,35)/b25-17-/t10-,16+/m1/s1. The average molecular weight is 565 g/mol. The molecule has 4 rings (SSSR count). The molecule has 200 valence electrons. The molecule has 0 bridgehead atoms. The molecule has 15 nitrogen and oxygen atoms in total. The number of nitrogens with two attached hydrogens (primary N) is 1. The smallest absolute Gasteiger partial charge is 0.362 e. The number of hydrogen-bond donors (Lipinski definition) is 4. The van der Waals surface area contributed by atoms with Crippen molar-refractivity contribution in [2.75, 3.05) is 5.73 Å².